The second kappa shape index (κ2) is 10.2. The van der Waals surface area contributed by atoms with E-state index < -0.39 is 6.10 Å². The van der Waals surface area contributed by atoms with E-state index in [4.69, 9.17) is 4.74 Å². The predicted molar refractivity (Wildman–Crippen MR) is 118 cm³/mol. The highest BCUT2D eigenvalue weighted by atomic mass is 16.5. The lowest BCUT2D eigenvalue weighted by molar-refractivity contribution is 0.0836. The van der Waals surface area contributed by atoms with Crippen LogP contribution in [0.4, 0.5) is 5.82 Å². The largest absolute Gasteiger partial charge is 0.390 e. The van der Waals surface area contributed by atoms with Gasteiger partial charge in [-0.2, -0.15) is 0 Å². The molecule has 1 amide bonds. The van der Waals surface area contributed by atoms with Crippen molar-refractivity contribution in [3.05, 3.63) is 53.5 Å². The van der Waals surface area contributed by atoms with E-state index in [1.165, 1.54) is 17.5 Å². The van der Waals surface area contributed by atoms with Crippen LogP contribution in [0.2, 0.25) is 0 Å². The Labute approximate surface area is 183 Å². The number of amides is 1. The normalized spacial score (nSPS) is 18.3. The van der Waals surface area contributed by atoms with Crippen molar-refractivity contribution < 1.29 is 14.6 Å². The molecule has 2 N–H and O–H groups in total. The van der Waals surface area contributed by atoms with Crippen LogP contribution in [0.5, 0.6) is 0 Å². The quantitative estimate of drug-likeness (QED) is 0.690. The Bertz CT molecular complexity index is 887. The molecule has 0 saturated carbocycles. The predicted octanol–water partition coefficient (Wildman–Crippen LogP) is 1.24. The van der Waals surface area contributed by atoms with E-state index in [0.717, 1.165) is 51.4 Å². The number of ether oxygens (including phenoxy) is 1. The first kappa shape index (κ1) is 21.7. The number of hydrogen-bond acceptors (Lipinski definition) is 7. The third-order valence-corrected chi connectivity index (χ3v) is 6.16. The average Bonchev–Trinajstić information content (AvgIpc) is 2.82. The van der Waals surface area contributed by atoms with Gasteiger partial charge in [0.05, 0.1) is 6.10 Å². The average molecular weight is 426 g/mol. The number of aliphatic hydroxyl groups is 1. The van der Waals surface area contributed by atoms with E-state index >= 15 is 0 Å². The molecule has 2 aromatic rings. The summed E-state index contributed by atoms with van der Waals surface area (Å²) in [6, 6.07) is 10.5. The fourth-order valence-corrected chi connectivity index (χ4v) is 4.30. The van der Waals surface area contributed by atoms with Gasteiger partial charge in [-0.1, -0.05) is 24.3 Å². The number of nitrogens with one attached hydrogen (secondary N) is 1. The first-order valence-electron chi connectivity index (χ1n) is 11.0. The molecule has 3 heterocycles. The fraction of sp³-hybridized carbons (Fsp3) is 0.522. The van der Waals surface area contributed by atoms with E-state index in [2.05, 4.69) is 49.4 Å². The lowest BCUT2D eigenvalue weighted by Gasteiger charge is -2.32. The second-order valence-electron chi connectivity index (χ2n) is 8.33. The molecule has 1 atom stereocenters. The Morgan fingerprint density at radius 2 is 2.06 bits per heavy atom. The molecular weight excluding hydrogens is 394 g/mol. The van der Waals surface area contributed by atoms with E-state index in [1.807, 2.05) is 7.05 Å². The molecule has 0 bridgehead atoms. The van der Waals surface area contributed by atoms with Crippen LogP contribution in [-0.4, -0.2) is 77.9 Å². The summed E-state index contributed by atoms with van der Waals surface area (Å²) in [5.74, 6) is 0.423. The summed E-state index contributed by atoms with van der Waals surface area (Å²) < 4.78 is 5.42. The van der Waals surface area contributed by atoms with Crippen molar-refractivity contribution in [2.45, 2.75) is 38.0 Å². The first-order valence-corrected chi connectivity index (χ1v) is 11.0. The molecule has 1 aromatic heterocycles. The Morgan fingerprint density at radius 1 is 1.29 bits per heavy atom. The summed E-state index contributed by atoms with van der Waals surface area (Å²) in [5, 5.41) is 13.3. The van der Waals surface area contributed by atoms with Gasteiger partial charge in [-0.15, -0.1) is 0 Å². The molecule has 1 aromatic carbocycles. The molecule has 4 rings (SSSR count). The van der Waals surface area contributed by atoms with Gasteiger partial charge in [-0.25, -0.2) is 9.97 Å². The highest BCUT2D eigenvalue weighted by Gasteiger charge is 2.22. The minimum absolute atomic E-state index is 0.187. The summed E-state index contributed by atoms with van der Waals surface area (Å²) in [7, 11) is 1.99. The molecule has 166 valence electrons. The zero-order valence-electron chi connectivity index (χ0n) is 18.0. The SMILES string of the molecule is CN(c1cc(C(=O)NCC(O)CN2CCc3ccccc3C2)ncn1)C1CCOCC1. The van der Waals surface area contributed by atoms with Crippen LogP contribution in [0.25, 0.3) is 0 Å². The number of carbonyl (C=O) groups is 1. The third kappa shape index (κ3) is 5.58. The number of aliphatic hydroxyl groups excluding tert-OH is 1. The Hall–Kier alpha value is -2.55. The van der Waals surface area contributed by atoms with Gasteiger partial charge in [0.2, 0.25) is 0 Å². The van der Waals surface area contributed by atoms with E-state index in [-0.39, 0.29) is 12.5 Å². The highest BCUT2D eigenvalue weighted by Crippen LogP contribution is 2.20. The maximum atomic E-state index is 12.6. The van der Waals surface area contributed by atoms with Gasteiger partial charge >= 0.3 is 0 Å². The number of hydrogen-bond donors (Lipinski definition) is 2. The molecule has 1 unspecified atom stereocenters. The van der Waals surface area contributed by atoms with Crippen molar-refractivity contribution in [2.24, 2.45) is 0 Å². The van der Waals surface area contributed by atoms with Crippen LogP contribution in [0.1, 0.15) is 34.5 Å². The molecular formula is C23H31N5O3. The molecule has 0 radical (unpaired) electrons. The first-order chi connectivity index (χ1) is 15.1. The summed E-state index contributed by atoms with van der Waals surface area (Å²) >= 11 is 0. The number of benzene rings is 1. The van der Waals surface area contributed by atoms with Crippen molar-refractivity contribution in [2.75, 3.05) is 44.8 Å². The summed E-state index contributed by atoms with van der Waals surface area (Å²) in [5.41, 5.74) is 3.00. The molecule has 8 nitrogen and oxygen atoms in total. The van der Waals surface area contributed by atoms with Crippen molar-refractivity contribution >= 4 is 11.7 Å². The van der Waals surface area contributed by atoms with E-state index in [1.54, 1.807) is 6.07 Å². The molecule has 8 heteroatoms. The van der Waals surface area contributed by atoms with Gasteiger partial charge in [-0.05, 0) is 30.4 Å². The number of nitrogens with zero attached hydrogens (tertiary/aromatic N) is 4. The highest BCUT2D eigenvalue weighted by molar-refractivity contribution is 5.92. The van der Waals surface area contributed by atoms with Gasteiger partial charge in [0, 0.05) is 58.5 Å². The van der Waals surface area contributed by atoms with Gasteiger partial charge < -0.3 is 20.1 Å². The fourth-order valence-electron chi connectivity index (χ4n) is 4.30. The number of aromatic nitrogens is 2. The maximum absolute atomic E-state index is 12.6. The molecule has 0 aliphatic carbocycles. The van der Waals surface area contributed by atoms with Crippen LogP contribution in [0.3, 0.4) is 0 Å². The minimum atomic E-state index is -0.638. The van der Waals surface area contributed by atoms with Gasteiger partial charge in [0.25, 0.3) is 5.91 Å². The van der Waals surface area contributed by atoms with Crippen LogP contribution in [0.15, 0.2) is 36.7 Å². The standard InChI is InChI=1S/C23H31N5O3/c1-27(19-7-10-31-11-8-19)22-12-21(25-16-26-22)23(30)24-13-20(29)15-28-9-6-17-4-2-3-5-18(17)14-28/h2-5,12,16,19-20,29H,6-11,13-15H2,1H3,(H,24,30). The Kier molecular flexibility index (Phi) is 7.11. The zero-order valence-corrected chi connectivity index (χ0v) is 18.0. The summed E-state index contributed by atoms with van der Waals surface area (Å²) in [6.45, 7) is 3.94. The number of fused-ring (bicyclic) bond motifs is 1. The number of anilines is 1. The molecule has 31 heavy (non-hydrogen) atoms. The van der Waals surface area contributed by atoms with Crippen molar-refractivity contribution in [3.63, 3.8) is 0 Å². The molecule has 2 aliphatic rings. The van der Waals surface area contributed by atoms with Crippen LogP contribution < -0.4 is 10.2 Å². The van der Waals surface area contributed by atoms with Gasteiger partial charge in [0.15, 0.2) is 0 Å². The van der Waals surface area contributed by atoms with Crippen molar-refractivity contribution in [1.29, 1.82) is 0 Å². The van der Waals surface area contributed by atoms with Crippen molar-refractivity contribution in [3.8, 4) is 0 Å². The zero-order chi connectivity index (χ0) is 21.6. The van der Waals surface area contributed by atoms with Crippen LogP contribution >= 0.6 is 0 Å². The van der Waals surface area contributed by atoms with Gasteiger partial charge in [0.1, 0.15) is 17.8 Å². The van der Waals surface area contributed by atoms with Crippen LogP contribution in [-0.2, 0) is 17.7 Å². The molecule has 0 spiro atoms. The Balaban J connectivity index is 1.27. The minimum Gasteiger partial charge on any atom is -0.390 e. The second-order valence-corrected chi connectivity index (χ2v) is 8.33. The van der Waals surface area contributed by atoms with Crippen LogP contribution in [0, 0.1) is 0 Å². The number of carbonyl (C=O) groups excluding carboxylic acids is 1. The molecule has 1 saturated heterocycles. The lowest BCUT2D eigenvalue weighted by Crippen LogP contribution is -2.42. The molecule has 2 aliphatic heterocycles. The number of rotatable bonds is 7. The lowest BCUT2D eigenvalue weighted by atomic mass is 10.00. The summed E-state index contributed by atoms with van der Waals surface area (Å²) in [6.07, 6.45) is 3.64. The summed E-state index contributed by atoms with van der Waals surface area (Å²) in [4.78, 5) is 25.4. The topological polar surface area (TPSA) is 90.8 Å². The smallest absolute Gasteiger partial charge is 0.270 e. The maximum Gasteiger partial charge on any atom is 0.270 e. The third-order valence-electron chi connectivity index (χ3n) is 6.16. The van der Waals surface area contributed by atoms with Gasteiger partial charge in [-0.3, -0.25) is 9.69 Å². The number of β-amino-alcohol motifs (C(OH)–C–C–N with tert-alkyl or cyclic N) is 1. The monoisotopic (exact) mass is 425 g/mol. The van der Waals surface area contributed by atoms with E-state index in [0.29, 0.717) is 18.3 Å². The van der Waals surface area contributed by atoms with Crippen molar-refractivity contribution in [1.82, 2.24) is 20.2 Å². The van der Waals surface area contributed by atoms with E-state index in [9.17, 15) is 9.90 Å². The molecule has 1 fully saturated rings. The Morgan fingerprint density at radius 3 is 2.87 bits per heavy atom.